The zero-order valence-electron chi connectivity index (χ0n) is 29.7. The molecule has 0 radical (unpaired) electrons. The molecule has 272 valence electrons. The first-order valence-corrected chi connectivity index (χ1v) is 19.2. The number of rotatable bonds is 12. The molecule has 11 heteroatoms. The van der Waals surface area contributed by atoms with Crippen molar-refractivity contribution in [1.29, 1.82) is 0 Å². The van der Waals surface area contributed by atoms with E-state index in [9.17, 15) is 9.59 Å². The van der Waals surface area contributed by atoms with E-state index in [0.717, 1.165) is 138 Å². The van der Waals surface area contributed by atoms with E-state index >= 15 is 0 Å². The van der Waals surface area contributed by atoms with Crippen molar-refractivity contribution in [3.05, 3.63) is 59.7 Å². The predicted octanol–water partition coefficient (Wildman–Crippen LogP) is 4.76. The Bertz CT molecular complexity index is 1700. The van der Waals surface area contributed by atoms with Gasteiger partial charge in [-0.2, -0.15) is 0 Å². The van der Waals surface area contributed by atoms with Gasteiger partial charge in [0.05, 0.1) is 37.5 Å². The number of likely N-dealkylation sites (tertiary alicyclic amines) is 2. The lowest BCUT2D eigenvalue weighted by molar-refractivity contribution is 0.0642. The fraction of sp³-hybridized carbons (Fsp3) is 0.550. The molecular formula is C40H52N6O5. The largest absolute Gasteiger partial charge is 0.478 e. The van der Waals surface area contributed by atoms with Crippen LogP contribution in [0.1, 0.15) is 59.2 Å². The molecule has 4 aliphatic heterocycles. The van der Waals surface area contributed by atoms with E-state index in [1.807, 2.05) is 36.4 Å². The number of para-hydroxylation sites is 2. The number of benzene rings is 2. The number of nitrogens with one attached hydrogen (secondary N) is 2. The Labute approximate surface area is 300 Å². The first-order valence-electron chi connectivity index (χ1n) is 19.2. The maximum Gasteiger partial charge on any atom is 0.257 e. The van der Waals surface area contributed by atoms with Gasteiger partial charge in [0.1, 0.15) is 11.1 Å². The number of piperidine rings is 2. The molecule has 6 heterocycles. The van der Waals surface area contributed by atoms with Gasteiger partial charge in [0.15, 0.2) is 0 Å². The van der Waals surface area contributed by atoms with Crippen molar-refractivity contribution in [2.24, 2.45) is 11.8 Å². The fourth-order valence-electron chi connectivity index (χ4n) is 8.49. The maximum atomic E-state index is 13.3. The van der Waals surface area contributed by atoms with Gasteiger partial charge < -0.3 is 43.8 Å². The molecule has 2 aromatic heterocycles. The highest BCUT2D eigenvalue weighted by atomic mass is 16.5. The number of carbonyl (C=O) groups is 2. The third kappa shape index (κ3) is 7.34. The summed E-state index contributed by atoms with van der Waals surface area (Å²) in [6.07, 6.45) is 6.26. The number of aromatic nitrogens is 2. The van der Waals surface area contributed by atoms with Gasteiger partial charge in [-0.3, -0.25) is 9.59 Å². The van der Waals surface area contributed by atoms with E-state index in [2.05, 4.69) is 41.7 Å². The molecule has 0 bridgehead atoms. The monoisotopic (exact) mass is 696 g/mol. The highest BCUT2D eigenvalue weighted by Gasteiger charge is 2.29. The molecule has 0 atom stereocenters. The number of fused-ring (bicyclic) bond motifs is 6. The van der Waals surface area contributed by atoms with E-state index in [4.69, 9.17) is 14.2 Å². The average molecular weight is 697 g/mol. The molecular weight excluding hydrogens is 644 g/mol. The fourth-order valence-corrected chi connectivity index (χ4v) is 8.49. The Morgan fingerprint density at radius 2 is 1.06 bits per heavy atom. The number of amides is 2. The summed E-state index contributed by atoms with van der Waals surface area (Å²) >= 11 is 0. The normalized spacial score (nSPS) is 19.0. The Morgan fingerprint density at radius 1 is 0.627 bits per heavy atom. The Hall–Kier alpha value is -4.06. The topological polar surface area (TPSA) is 102 Å². The SMILES string of the molecule is O=C(NCC1CCN(CCOCCN2CCC(CNC(=O)c3c4n(c5ccccc35)CCCO4)CC2)CC1)c1c2n(c3ccccc13)CCCO2. The summed E-state index contributed by atoms with van der Waals surface area (Å²) < 4.78 is 22.3. The van der Waals surface area contributed by atoms with Gasteiger partial charge >= 0.3 is 0 Å². The van der Waals surface area contributed by atoms with Gasteiger partial charge in [0.2, 0.25) is 11.8 Å². The third-order valence-corrected chi connectivity index (χ3v) is 11.5. The molecule has 0 spiro atoms. The molecule has 0 saturated carbocycles. The van der Waals surface area contributed by atoms with Crippen molar-refractivity contribution in [1.82, 2.24) is 29.6 Å². The summed E-state index contributed by atoms with van der Waals surface area (Å²) in [6.45, 7) is 12.1. The smallest absolute Gasteiger partial charge is 0.257 e. The van der Waals surface area contributed by atoms with Crippen LogP contribution >= 0.6 is 0 Å². The second-order valence-corrected chi connectivity index (χ2v) is 14.7. The summed E-state index contributed by atoms with van der Waals surface area (Å²) in [4.78, 5) is 31.7. The third-order valence-electron chi connectivity index (χ3n) is 11.5. The van der Waals surface area contributed by atoms with Crippen LogP contribution in [0.4, 0.5) is 0 Å². The van der Waals surface area contributed by atoms with Crippen molar-refractivity contribution in [3.8, 4) is 11.8 Å². The summed E-state index contributed by atoms with van der Waals surface area (Å²) in [6, 6.07) is 16.2. The van der Waals surface area contributed by atoms with Crippen molar-refractivity contribution in [2.45, 2.75) is 51.6 Å². The van der Waals surface area contributed by atoms with Crippen LogP contribution in [0, 0.1) is 11.8 Å². The van der Waals surface area contributed by atoms with Crippen LogP contribution in [0.3, 0.4) is 0 Å². The van der Waals surface area contributed by atoms with Gasteiger partial charge in [-0.15, -0.1) is 0 Å². The van der Waals surface area contributed by atoms with Crippen molar-refractivity contribution in [3.63, 3.8) is 0 Å². The molecule has 0 unspecified atom stereocenters. The van der Waals surface area contributed by atoms with Crippen LogP contribution in [-0.2, 0) is 17.8 Å². The maximum absolute atomic E-state index is 13.3. The van der Waals surface area contributed by atoms with Crippen molar-refractivity contribution >= 4 is 33.6 Å². The number of hydrogen-bond donors (Lipinski definition) is 2. The molecule has 11 nitrogen and oxygen atoms in total. The standard InChI is InChI=1S/C40H52N6O5/c47-37(35-31-7-1-3-9-33(31)45-15-5-23-50-39(35)45)41-27-29-11-17-43(18-12-29)21-25-49-26-22-44-19-13-30(14-20-44)28-42-38(48)36-32-8-2-4-10-34(32)46-16-6-24-51-40(36)46/h1-4,7-10,29-30H,5-6,11-28H2,(H,41,47)(H,42,48). The lowest BCUT2D eigenvalue weighted by atomic mass is 9.96. The van der Waals surface area contributed by atoms with Gasteiger partial charge in [-0.1, -0.05) is 36.4 Å². The number of nitrogens with zero attached hydrogens (tertiary/aromatic N) is 4. The molecule has 2 aromatic carbocycles. The van der Waals surface area contributed by atoms with Gasteiger partial charge in [-0.05, 0) is 88.7 Å². The summed E-state index contributed by atoms with van der Waals surface area (Å²) in [5, 5.41) is 8.42. The van der Waals surface area contributed by atoms with Crippen LogP contribution < -0.4 is 20.1 Å². The number of ether oxygens (including phenoxy) is 3. The average Bonchev–Trinajstić information content (AvgIpc) is 3.70. The summed E-state index contributed by atoms with van der Waals surface area (Å²) in [7, 11) is 0. The van der Waals surface area contributed by atoms with Crippen LogP contribution in [0.15, 0.2) is 48.5 Å². The highest BCUT2D eigenvalue weighted by Crippen LogP contribution is 2.36. The van der Waals surface area contributed by atoms with E-state index in [1.54, 1.807) is 0 Å². The molecule has 0 aliphatic carbocycles. The molecule has 2 N–H and O–H groups in total. The zero-order valence-corrected chi connectivity index (χ0v) is 29.7. The van der Waals surface area contributed by atoms with Crippen LogP contribution in [0.2, 0.25) is 0 Å². The summed E-state index contributed by atoms with van der Waals surface area (Å²) in [5.41, 5.74) is 3.52. The van der Waals surface area contributed by atoms with E-state index < -0.39 is 0 Å². The Kier molecular flexibility index (Phi) is 10.5. The second kappa shape index (κ2) is 15.7. The second-order valence-electron chi connectivity index (χ2n) is 14.7. The zero-order chi connectivity index (χ0) is 34.6. The van der Waals surface area contributed by atoms with Gasteiger partial charge in [-0.25, -0.2) is 0 Å². The van der Waals surface area contributed by atoms with Crippen LogP contribution in [0.5, 0.6) is 11.8 Å². The van der Waals surface area contributed by atoms with Crippen molar-refractivity contribution in [2.75, 3.05) is 78.8 Å². The number of carbonyl (C=O) groups excluding carboxylic acids is 2. The lowest BCUT2D eigenvalue weighted by Crippen LogP contribution is -2.41. The Balaban J connectivity index is 0.697. The van der Waals surface area contributed by atoms with Crippen molar-refractivity contribution < 1.29 is 23.8 Å². The minimum Gasteiger partial charge on any atom is -0.478 e. The molecule has 4 aromatic rings. The Morgan fingerprint density at radius 3 is 1.51 bits per heavy atom. The predicted molar refractivity (Wildman–Crippen MR) is 198 cm³/mol. The van der Waals surface area contributed by atoms with E-state index in [-0.39, 0.29) is 11.8 Å². The van der Waals surface area contributed by atoms with Gasteiger partial charge in [0.25, 0.3) is 11.8 Å². The quantitative estimate of drug-likeness (QED) is 0.206. The van der Waals surface area contributed by atoms with E-state index in [0.29, 0.717) is 49.3 Å². The molecule has 51 heavy (non-hydrogen) atoms. The number of hydrogen-bond acceptors (Lipinski definition) is 7. The van der Waals surface area contributed by atoms with E-state index in [1.165, 1.54) is 0 Å². The molecule has 2 saturated heterocycles. The lowest BCUT2D eigenvalue weighted by Gasteiger charge is -2.33. The molecule has 2 amide bonds. The first kappa shape index (κ1) is 34.0. The summed E-state index contributed by atoms with van der Waals surface area (Å²) in [5.74, 6) is 2.36. The minimum absolute atomic E-state index is 0.0241. The van der Waals surface area contributed by atoms with Gasteiger partial charge in [0, 0.05) is 50.0 Å². The van der Waals surface area contributed by atoms with Crippen LogP contribution in [0.25, 0.3) is 21.8 Å². The minimum atomic E-state index is -0.0241. The molecule has 4 aliphatic rings. The molecule has 8 rings (SSSR count). The molecule has 2 fully saturated rings. The first-order chi connectivity index (χ1) is 25.1. The highest BCUT2D eigenvalue weighted by molar-refractivity contribution is 6.10. The number of aryl methyl sites for hydroxylation is 2. The van der Waals surface area contributed by atoms with Crippen LogP contribution in [-0.4, -0.2) is 110 Å².